The number of amides is 2. The topological polar surface area (TPSA) is 206 Å². The van der Waals surface area contributed by atoms with E-state index in [1.165, 1.54) is 42.3 Å². The third-order valence-electron chi connectivity index (χ3n) is 8.61. The summed E-state index contributed by atoms with van der Waals surface area (Å²) in [4.78, 5) is 59.8. The van der Waals surface area contributed by atoms with Gasteiger partial charge in [0.05, 0.1) is 17.2 Å². The molecule has 6 N–H and O–H groups in total. The maximum Gasteiger partial charge on any atom is 0.304 e. The van der Waals surface area contributed by atoms with Gasteiger partial charge >= 0.3 is 5.97 Å². The van der Waals surface area contributed by atoms with Gasteiger partial charge < -0.3 is 26.8 Å². The molecule has 2 amide bonds. The van der Waals surface area contributed by atoms with Crippen molar-refractivity contribution in [3.63, 3.8) is 0 Å². The Kier molecular flexibility index (Phi) is 12.3. The lowest BCUT2D eigenvalue weighted by Gasteiger charge is -2.38. The molecule has 0 saturated carbocycles. The summed E-state index contributed by atoms with van der Waals surface area (Å²) in [5.41, 5.74) is 10.8. The van der Waals surface area contributed by atoms with Crippen LogP contribution in [0.25, 0.3) is 0 Å². The summed E-state index contributed by atoms with van der Waals surface area (Å²) in [5.74, 6) is -4.47. The second kappa shape index (κ2) is 16.4. The Labute approximate surface area is 291 Å². The van der Waals surface area contributed by atoms with E-state index in [1.807, 2.05) is 0 Å². The Morgan fingerprint density at radius 3 is 2.22 bits per heavy atom. The normalized spacial score (nSPS) is 16.1. The Balaban J connectivity index is 1.76. The summed E-state index contributed by atoms with van der Waals surface area (Å²) in [7, 11) is -3.25. The predicted octanol–water partition coefficient (Wildman–Crippen LogP) is 2.86. The maximum atomic E-state index is 14.6. The minimum Gasteiger partial charge on any atom is -0.481 e. The average Bonchev–Trinajstić information content (AvgIpc) is 3.25. The van der Waals surface area contributed by atoms with E-state index < -0.39 is 51.5 Å². The van der Waals surface area contributed by atoms with Gasteiger partial charge in [0.1, 0.15) is 0 Å². The third-order valence-corrected chi connectivity index (χ3v) is 10.5. The number of benzene rings is 3. The van der Waals surface area contributed by atoms with E-state index in [2.05, 4.69) is 10.3 Å². The molecule has 1 aliphatic rings. The van der Waals surface area contributed by atoms with Crippen LogP contribution < -0.4 is 21.7 Å². The number of guanidine groups is 1. The number of sulfonamides is 1. The van der Waals surface area contributed by atoms with Gasteiger partial charge in [-0.1, -0.05) is 77.9 Å². The fourth-order valence-corrected chi connectivity index (χ4v) is 7.37. The number of hydrogen-bond acceptors (Lipinski definition) is 7. The van der Waals surface area contributed by atoms with Crippen LogP contribution in [0.2, 0.25) is 0 Å². The Hall–Kier alpha value is -5.34. The largest absolute Gasteiger partial charge is 0.481 e. The number of aliphatic imine (C=N–C) groups is 1. The molecule has 2 atom stereocenters. The SMILES string of the molecule is Cc1ccc(S(=O)(=O)N(C)[C@@](CCCN=C(N)N)(C(=O)NCC2=C[C@@H](CC(=O)O)C(=O)N(c3ccccc3)CC2)C(=O)c2ccccc2)cc1. The molecule has 1 heterocycles. The maximum absolute atomic E-state index is 14.6. The van der Waals surface area contributed by atoms with Gasteiger partial charge in [-0.2, -0.15) is 4.31 Å². The first kappa shape index (κ1) is 37.5. The molecule has 0 radical (unpaired) electrons. The molecular formula is C36H42N6O7S. The number of anilines is 1. The zero-order valence-corrected chi connectivity index (χ0v) is 28.8. The molecule has 4 rings (SSSR count). The Bertz CT molecular complexity index is 1860. The molecule has 13 nitrogen and oxygen atoms in total. The van der Waals surface area contributed by atoms with E-state index in [-0.39, 0.29) is 55.3 Å². The van der Waals surface area contributed by atoms with Gasteiger partial charge in [-0.05, 0) is 50.5 Å². The van der Waals surface area contributed by atoms with Crippen molar-refractivity contribution in [2.24, 2.45) is 22.4 Å². The number of Topliss-reactive ketones (excluding diaryl/α,β-unsaturated/α-hetero) is 1. The monoisotopic (exact) mass is 702 g/mol. The van der Waals surface area contributed by atoms with Crippen molar-refractivity contribution in [1.82, 2.24) is 9.62 Å². The van der Waals surface area contributed by atoms with Crippen molar-refractivity contribution >= 4 is 45.2 Å². The van der Waals surface area contributed by atoms with Crippen LogP contribution in [-0.4, -0.2) is 79.6 Å². The van der Waals surface area contributed by atoms with Crippen LogP contribution in [-0.2, 0) is 24.4 Å². The van der Waals surface area contributed by atoms with Crippen molar-refractivity contribution in [2.45, 2.75) is 43.0 Å². The fraction of sp³-hybridized carbons (Fsp3) is 0.306. The number of aryl methyl sites for hydroxylation is 1. The first-order valence-electron chi connectivity index (χ1n) is 16.0. The number of carboxylic acids is 1. The molecule has 3 aromatic rings. The number of nitrogens with two attached hydrogens (primary N) is 2. The molecule has 264 valence electrons. The lowest BCUT2D eigenvalue weighted by atomic mass is 9.83. The van der Waals surface area contributed by atoms with E-state index in [9.17, 15) is 32.7 Å². The Morgan fingerprint density at radius 2 is 1.62 bits per heavy atom. The second-order valence-corrected chi connectivity index (χ2v) is 14.0. The first-order valence-corrected chi connectivity index (χ1v) is 17.5. The summed E-state index contributed by atoms with van der Waals surface area (Å²) in [6.45, 7) is 1.84. The molecule has 3 aromatic carbocycles. The van der Waals surface area contributed by atoms with E-state index in [4.69, 9.17) is 11.5 Å². The van der Waals surface area contributed by atoms with Crippen LogP contribution >= 0.6 is 0 Å². The molecule has 1 aliphatic heterocycles. The number of rotatable bonds is 15. The van der Waals surface area contributed by atoms with Crippen molar-refractivity contribution in [2.75, 3.05) is 31.6 Å². The molecule has 14 heteroatoms. The number of ketones is 1. The summed E-state index contributed by atoms with van der Waals surface area (Å²) >= 11 is 0. The van der Waals surface area contributed by atoms with Crippen molar-refractivity contribution in [3.05, 3.63) is 108 Å². The van der Waals surface area contributed by atoms with Gasteiger partial charge in [0, 0.05) is 37.9 Å². The summed E-state index contributed by atoms with van der Waals surface area (Å²) in [6, 6.07) is 22.8. The van der Waals surface area contributed by atoms with E-state index in [0.717, 1.165) is 9.87 Å². The van der Waals surface area contributed by atoms with Crippen LogP contribution in [0.15, 0.2) is 106 Å². The number of hydrogen-bond donors (Lipinski definition) is 4. The Morgan fingerprint density at radius 1 is 1.00 bits per heavy atom. The van der Waals surface area contributed by atoms with Crippen LogP contribution in [0.1, 0.15) is 41.6 Å². The zero-order valence-electron chi connectivity index (χ0n) is 28.0. The van der Waals surface area contributed by atoms with Crippen LogP contribution in [0, 0.1) is 12.8 Å². The molecule has 0 aromatic heterocycles. The lowest BCUT2D eigenvalue weighted by molar-refractivity contribution is -0.139. The number of likely N-dealkylation sites (N-methyl/N-ethyl adjacent to an activating group) is 1. The van der Waals surface area contributed by atoms with Crippen LogP contribution in [0.3, 0.4) is 0 Å². The van der Waals surface area contributed by atoms with Gasteiger partial charge in [0.15, 0.2) is 17.3 Å². The van der Waals surface area contributed by atoms with E-state index in [0.29, 0.717) is 11.3 Å². The molecule has 0 saturated heterocycles. The second-order valence-electron chi connectivity index (χ2n) is 12.0. The van der Waals surface area contributed by atoms with Crippen LogP contribution in [0.5, 0.6) is 0 Å². The highest BCUT2D eigenvalue weighted by molar-refractivity contribution is 7.89. The minimum absolute atomic E-state index is 0.0112. The number of nitrogens with one attached hydrogen (secondary N) is 1. The zero-order chi connectivity index (χ0) is 36.5. The van der Waals surface area contributed by atoms with Crippen LogP contribution in [0.4, 0.5) is 5.69 Å². The fourth-order valence-electron chi connectivity index (χ4n) is 5.91. The van der Waals surface area contributed by atoms with E-state index >= 15 is 0 Å². The van der Waals surface area contributed by atoms with Crippen molar-refractivity contribution in [3.8, 4) is 0 Å². The number of aliphatic carboxylic acids is 1. The molecule has 0 unspecified atom stereocenters. The molecular weight excluding hydrogens is 660 g/mol. The van der Waals surface area contributed by atoms with Gasteiger partial charge in [-0.15, -0.1) is 0 Å². The number of carbonyl (C=O) groups is 4. The van der Waals surface area contributed by atoms with E-state index in [1.54, 1.807) is 67.6 Å². The predicted molar refractivity (Wildman–Crippen MR) is 190 cm³/mol. The summed E-state index contributed by atoms with van der Waals surface area (Å²) < 4.78 is 29.2. The quantitative estimate of drug-likeness (QED) is 0.0458. The number of para-hydroxylation sites is 1. The molecule has 0 fully saturated rings. The van der Waals surface area contributed by atoms with Gasteiger partial charge in [0.2, 0.25) is 21.8 Å². The smallest absolute Gasteiger partial charge is 0.304 e. The highest BCUT2D eigenvalue weighted by Gasteiger charge is 2.53. The van der Waals surface area contributed by atoms with Gasteiger partial charge in [0.25, 0.3) is 0 Å². The molecule has 0 spiro atoms. The van der Waals surface area contributed by atoms with Gasteiger partial charge in [-0.3, -0.25) is 24.2 Å². The summed E-state index contributed by atoms with van der Waals surface area (Å²) in [6.07, 6.45) is 1.11. The lowest BCUT2D eigenvalue weighted by Crippen LogP contribution is -2.64. The first-order chi connectivity index (χ1) is 23.8. The number of carbonyl (C=O) groups excluding carboxylic acids is 3. The number of carboxylic acid groups (broad SMARTS) is 1. The van der Waals surface area contributed by atoms with Crippen molar-refractivity contribution < 1.29 is 32.7 Å². The minimum atomic E-state index is -4.45. The summed E-state index contributed by atoms with van der Waals surface area (Å²) in [5, 5.41) is 12.4. The molecule has 0 aliphatic carbocycles. The van der Waals surface area contributed by atoms with Crippen molar-refractivity contribution in [1.29, 1.82) is 0 Å². The standard InChI is InChI=1S/C36H42N6O7S/c1-25-14-16-30(17-15-25)50(48,49)41(2)36(19-9-20-39-35(37)38,32(45)27-10-5-3-6-11-27)34(47)40-24-26-18-21-42(29-12-7-4-8-13-29)33(46)28(22-26)23-31(43)44/h3-8,10-17,22,28H,9,18-21,23-24H2,1-2H3,(H,40,47)(H,43,44)(H4,37,38,39)/t28-,36+/m0/s1. The third kappa shape index (κ3) is 8.62. The average molecular weight is 703 g/mol. The highest BCUT2D eigenvalue weighted by atomic mass is 32.2. The van der Waals surface area contributed by atoms with Gasteiger partial charge in [-0.25, -0.2) is 8.42 Å². The highest BCUT2D eigenvalue weighted by Crippen LogP contribution is 2.32. The molecule has 50 heavy (non-hydrogen) atoms. The molecule has 0 bridgehead atoms. The number of nitrogens with zero attached hydrogens (tertiary/aromatic N) is 3.